The summed E-state index contributed by atoms with van der Waals surface area (Å²) in [5, 5.41) is 0. The molecule has 5 nitrogen and oxygen atoms in total. The van der Waals surface area contributed by atoms with Gasteiger partial charge in [-0.2, -0.15) is 0 Å². The average molecular weight is 284 g/mol. The molecule has 0 N–H and O–H groups in total. The molecule has 0 radical (unpaired) electrons. The molecule has 5 heteroatoms. The predicted octanol–water partition coefficient (Wildman–Crippen LogP) is 0.981. The van der Waals surface area contributed by atoms with Gasteiger partial charge in [0, 0.05) is 20.8 Å². The Balaban J connectivity index is 1.86. The van der Waals surface area contributed by atoms with E-state index in [-0.39, 0.29) is 18.1 Å². The molecule has 2 saturated heterocycles. The zero-order chi connectivity index (χ0) is 14.5. The fourth-order valence-electron chi connectivity index (χ4n) is 3.20. The fraction of sp³-hybridized carbons (Fsp3) is 0.933. The van der Waals surface area contributed by atoms with Crippen LogP contribution in [-0.4, -0.2) is 74.9 Å². The molecular formula is C15H28N2O3. The first kappa shape index (κ1) is 15.7. The van der Waals surface area contributed by atoms with E-state index in [0.29, 0.717) is 19.7 Å². The van der Waals surface area contributed by atoms with Gasteiger partial charge >= 0.3 is 0 Å². The molecule has 2 heterocycles. The van der Waals surface area contributed by atoms with Crippen LogP contribution < -0.4 is 0 Å². The Morgan fingerprint density at radius 1 is 1.25 bits per heavy atom. The van der Waals surface area contributed by atoms with Crippen molar-refractivity contribution in [1.82, 2.24) is 9.80 Å². The number of hydrogen-bond donors (Lipinski definition) is 0. The minimum atomic E-state index is 0.153. The molecule has 0 aliphatic carbocycles. The minimum Gasteiger partial charge on any atom is -0.383 e. The van der Waals surface area contributed by atoms with Crippen LogP contribution in [0.15, 0.2) is 0 Å². The van der Waals surface area contributed by atoms with Gasteiger partial charge in [0.2, 0.25) is 5.91 Å². The predicted molar refractivity (Wildman–Crippen MR) is 77.6 cm³/mol. The van der Waals surface area contributed by atoms with Crippen LogP contribution in [0.2, 0.25) is 0 Å². The molecule has 0 unspecified atom stereocenters. The van der Waals surface area contributed by atoms with Crippen LogP contribution in [0.4, 0.5) is 0 Å². The third-order valence-corrected chi connectivity index (χ3v) is 4.62. The van der Waals surface area contributed by atoms with Gasteiger partial charge in [-0.05, 0) is 38.3 Å². The lowest BCUT2D eigenvalue weighted by molar-refractivity contribution is -0.134. The Morgan fingerprint density at radius 3 is 2.55 bits per heavy atom. The summed E-state index contributed by atoms with van der Waals surface area (Å²) in [7, 11) is 3.41. The van der Waals surface area contributed by atoms with Crippen molar-refractivity contribution in [2.24, 2.45) is 5.92 Å². The van der Waals surface area contributed by atoms with E-state index >= 15 is 0 Å². The number of methoxy groups -OCH3 is 2. The Labute approximate surface area is 122 Å². The lowest BCUT2D eigenvalue weighted by Crippen LogP contribution is -2.46. The molecule has 0 spiro atoms. The second kappa shape index (κ2) is 7.38. The molecule has 0 aromatic carbocycles. The minimum absolute atomic E-state index is 0.153. The van der Waals surface area contributed by atoms with E-state index in [2.05, 4.69) is 11.8 Å². The summed E-state index contributed by atoms with van der Waals surface area (Å²) in [5.74, 6) is 1.02. The first-order valence-corrected chi connectivity index (χ1v) is 7.67. The van der Waals surface area contributed by atoms with E-state index < -0.39 is 0 Å². The number of carbonyl (C=O) groups excluding carboxylic acids is 1. The van der Waals surface area contributed by atoms with Crippen LogP contribution >= 0.6 is 0 Å². The van der Waals surface area contributed by atoms with E-state index in [9.17, 15) is 4.79 Å². The molecule has 20 heavy (non-hydrogen) atoms. The molecule has 2 fully saturated rings. The van der Waals surface area contributed by atoms with Crippen molar-refractivity contribution in [3.63, 3.8) is 0 Å². The van der Waals surface area contributed by atoms with Crippen LogP contribution in [0.3, 0.4) is 0 Å². The van der Waals surface area contributed by atoms with Gasteiger partial charge in [-0.1, -0.05) is 6.92 Å². The summed E-state index contributed by atoms with van der Waals surface area (Å²) >= 11 is 0. The molecule has 1 amide bonds. The van der Waals surface area contributed by atoms with Crippen molar-refractivity contribution >= 4 is 5.91 Å². The van der Waals surface area contributed by atoms with Gasteiger partial charge in [-0.3, -0.25) is 9.69 Å². The van der Waals surface area contributed by atoms with E-state index in [4.69, 9.17) is 9.47 Å². The van der Waals surface area contributed by atoms with Crippen molar-refractivity contribution in [3.8, 4) is 0 Å². The van der Waals surface area contributed by atoms with Crippen molar-refractivity contribution in [2.45, 2.75) is 38.3 Å². The number of ether oxygens (including phenoxy) is 2. The highest BCUT2D eigenvalue weighted by Crippen LogP contribution is 2.22. The number of rotatable bonds is 5. The lowest BCUT2D eigenvalue weighted by Gasteiger charge is -2.32. The lowest BCUT2D eigenvalue weighted by atomic mass is 9.99. The van der Waals surface area contributed by atoms with Crippen LogP contribution in [0, 0.1) is 5.92 Å². The first-order valence-electron chi connectivity index (χ1n) is 7.67. The number of nitrogens with zero attached hydrogens (tertiary/aromatic N) is 2. The highest BCUT2D eigenvalue weighted by atomic mass is 16.5. The summed E-state index contributed by atoms with van der Waals surface area (Å²) in [5.41, 5.74) is 0. The average Bonchev–Trinajstić information content (AvgIpc) is 2.85. The monoisotopic (exact) mass is 284 g/mol. The summed E-state index contributed by atoms with van der Waals surface area (Å²) in [6.07, 6.45) is 3.44. The third-order valence-electron chi connectivity index (χ3n) is 4.62. The van der Waals surface area contributed by atoms with Crippen LogP contribution in [0.25, 0.3) is 0 Å². The van der Waals surface area contributed by atoms with Gasteiger partial charge in [-0.25, -0.2) is 0 Å². The Bertz CT molecular complexity index is 316. The summed E-state index contributed by atoms with van der Waals surface area (Å²) in [6.45, 7) is 6.23. The molecule has 0 bridgehead atoms. The standard InChI is InChI=1S/C15H28N2O3/c1-12-4-6-16(7-5-12)10-15(18)17-9-14(20-3)8-13(17)11-19-2/h12-14H,4-11H2,1-3H3/t13-,14+/m0/s1. The van der Waals surface area contributed by atoms with Gasteiger partial charge in [0.1, 0.15) is 0 Å². The van der Waals surface area contributed by atoms with Crippen molar-refractivity contribution in [1.29, 1.82) is 0 Å². The number of amides is 1. The number of hydrogen-bond acceptors (Lipinski definition) is 4. The molecule has 2 rings (SSSR count). The third kappa shape index (κ3) is 3.93. The van der Waals surface area contributed by atoms with Gasteiger partial charge in [-0.15, -0.1) is 0 Å². The number of carbonyl (C=O) groups is 1. The molecule has 0 aromatic rings. The fourth-order valence-corrected chi connectivity index (χ4v) is 3.20. The molecule has 116 valence electrons. The molecule has 2 atom stereocenters. The van der Waals surface area contributed by atoms with Crippen molar-refractivity contribution < 1.29 is 14.3 Å². The molecule has 0 aromatic heterocycles. The Kier molecular flexibility index (Phi) is 5.81. The maximum absolute atomic E-state index is 12.5. The highest BCUT2D eigenvalue weighted by molar-refractivity contribution is 5.79. The second-order valence-electron chi connectivity index (χ2n) is 6.21. The van der Waals surface area contributed by atoms with E-state index in [1.807, 2.05) is 4.90 Å². The summed E-state index contributed by atoms with van der Waals surface area (Å²) < 4.78 is 10.6. The maximum Gasteiger partial charge on any atom is 0.237 e. The SMILES string of the molecule is COC[C@@H]1C[C@@H](OC)CN1C(=O)CN1CCC(C)CC1. The quantitative estimate of drug-likeness (QED) is 0.755. The largest absolute Gasteiger partial charge is 0.383 e. The van der Waals surface area contributed by atoms with Crippen LogP contribution in [0.1, 0.15) is 26.2 Å². The molecule has 2 aliphatic heterocycles. The second-order valence-corrected chi connectivity index (χ2v) is 6.21. The Morgan fingerprint density at radius 2 is 1.95 bits per heavy atom. The highest BCUT2D eigenvalue weighted by Gasteiger charge is 2.35. The first-order chi connectivity index (χ1) is 9.63. The van der Waals surface area contributed by atoms with Crippen molar-refractivity contribution in [3.05, 3.63) is 0 Å². The number of likely N-dealkylation sites (tertiary alicyclic amines) is 2. The van der Waals surface area contributed by atoms with E-state index in [1.165, 1.54) is 12.8 Å². The zero-order valence-electron chi connectivity index (χ0n) is 13.0. The van der Waals surface area contributed by atoms with Gasteiger partial charge in [0.05, 0.1) is 25.3 Å². The van der Waals surface area contributed by atoms with Gasteiger partial charge in [0.25, 0.3) is 0 Å². The number of piperidine rings is 1. The Hall–Kier alpha value is -0.650. The van der Waals surface area contributed by atoms with E-state index in [0.717, 1.165) is 25.4 Å². The molecular weight excluding hydrogens is 256 g/mol. The maximum atomic E-state index is 12.5. The van der Waals surface area contributed by atoms with Gasteiger partial charge in [0.15, 0.2) is 0 Å². The normalized spacial score (nSPS) is 29.1. The smallest absolute Gasteiger partial charge is 0.237 e. The molecule has 0 saturated carbocycles. The summed E-state index contributed by atoms with van der Waals surface area (Å²) in [6, 6.07) is 0.168. The van der Waals surface area contributed by atoms with Crippen LogP contribution in [-0.2, 0) is 14.3 Å². The zero-order valence-corrected chi connectivity index (χ0v) is 13.0. The van der Waals surface area contributed by atoms with Gasteiger partial charge < -0.3 is 14.4 Å². The molecule has 2 aliphatic rings. The van der Waals surface area contributed by atoms with Crippen molar-refractivity contribution in [2.75, 3.05) is 47.0 Å². The van der Waals surface area contributed by atoms with E-state index in [1.54, 1.807) is 14.2 Å². The summed E-state index contributed by atoms with van der Waals surface area (Å²) in [4.78, 5) is 16.8. The topological polar surface area (TPSA) is 42.0 Å². The van der Waals surface area contributed by atoms with Crippen LogP contribution in [0.5, 0.6) is 0 Å².